The van der Waals surface area contributed by atoms with E-state index in [1.54, 1.807) is 30.5 Å². The van der Waals surface area contributed by atoms with E-state index in [2.05, 4.69) is 15.3 Å². The number of nitrogen functional groups attached to an aromatic ring is 1. The van der Waals surface area contributed by atoms with E-state index in [0.717, 1.165) is 5.69 Å². The van der Waals surface area contributed by atoms with Gasteiger partial charge in [0.2, 0.25) is 5.95 Å². The molecule has 0 atom stereocenters. The van der Waals surface area contributed by atoms with Crippen molar-refractivity contribution in [2.24, 2.45) is 0 Å². The maximum atomic E-state index is 9.96. The summed E-state index contributed by atoms with van der Waals surface area (Å²) in [5.41, 5.74) is 9.61. The molecule has 0 saturated heterocycles. The number of nitrogens with one attached hydrogen (secondary N) is 1. The molecule has 0 fully saturated rings. The van der Waals surface area contributed by atoms with Gasteiger partial charge in [0.15, 0.2) is 0 Å². The van der Waals surface area contributed by atoms with Gasteiger partial charge in [-0.1, -0.05) is 17.7 Å². The summed E-state index contributed by atoms with van der Waals surface area (Å²) >= 11 is 0. The minimum absolute atomic E-state index is 0.134. The summed E-state index contributed by atoms with van der Waals surface area (Å²) < 4.78 is 0. The Bertz CT molecular complexity index is 800. The number of anilines is 3. The van der Waals surface area contributed by atoms with Crippen molar-refractivity contribution >= 4 is 17.3 Å². The number of benzene rings is 2. The number of aromatic nitrogens is 2. The summed E-state index contributed by atoms with van der Waals surface area (Å²) in [6, 6.07) is 14.6. The van der Waals surface area contributed by atoms with Crippen molar-refractivity contribution in [3.8, 4) is 17.0 Å². The quantitative estimate of drug-likeness (QED) is 0.508. The van der Waals surface area contributed by atoms with Crippen molar-refractivity contribution in [3.05, 3.63) is 60.3 Å². The van der Waals surface area contributed by atoms with E-state index in [9.17, 15) is 5.11 Å². The molecule has 0 aliphatic heterocycles. The van der Waals surface area contributed by atoms with Crippen LogP contribution in [0.1, 0.15) is 5.56 Å². The SMILES string of the molecule is Cc1ccc(Nc2nccc(-c3cc(N)ccc3O)n2)cc1. The Balaban J connectivity index is 1.92. The van der Waals surface area contributed by atoms with E-state index in [0.29, 0.717) is 22.9 Å². The number of hydrogen-bond donors (Lipinski definition) is 3. The van der Waals surface area contributed by atoms with Crippen molar-refractivity contribution in [1.82, 2.24) is 9.97 Å². The summed E-state index contributed by atoms with van der Waals surface area (Å²) in [5, 5.41) is 13.1. The third-order valence-corrected chi connectivity index (χ3v) is 3.26. The van der Waals surface area contributed by atoms with Crippen LogP contribution >= 0.6 is 0 Å². The number of hydrogen-bond acceptors (Lipinski definition) is 5. The highest BCUT2D eigenvalue weighted by Gasteiger charge is 2.08. The number of aryl methyl sites for hydroxylation is 1. The Morgan fingerprint density at radius 1 is 1.05 bits per heavy atom. The average molecular weight is 292 g/mol. The van der Waals surface area contributed by atoms with Crippen LogP contribution in [0.2, 0.25) is 0 Å². The Morgan fingerprint density at radius 3 is 2.59 bits per heavy atom. The first-order valence-electron chi connectivity index (χ1n) is 6.87. The molecule has 4 N–H and O–H groups in total. The Labute approximate surface area is 128 Å². The van der Waals surface area contributed by atoms with Gasteiger partial charge in [0.05, 0.1) is 5.69 Å². The molecule has 1 aromatic heterocycles. The molecule has 3 rings (SSSR count). The van der Waals surface area contributed by atoms with Crippen molar-refractivity contribution < 1.29 is 5.11 Å². The number of nitrogens with zero attached hydrogens (tertiary/aromatic N) is 2. The van der Waals surface area contributed by atoms with Gasteiger partial charge in [0.1, 0.15) is 5.75 Å². The van der Waals surface area contributed by atoms with Gasteiger partial charge < -0.3 is 16.2 Å². The largest absolute Gasteiger partial charge is 0.507 e. The zero-order chi connectivity index (χ0) is 15.5. The smallest absolute Gasteiger partial charge is 0.227 e. The van der Waals surface area contributed by atoms with Crippen LogP contribution in [-0.2, 0) is 0 Å². The summed E-state index contributed by atoms with van der Waals surface area (Å²) in [6.45, 7) is 2.03. The monoisotopic (exact) mass is 292 g/mol. The first kappa shape index (κ1) is 13.9. The molecular weight excluding hydrogens is 276 g/mol. The van der Waals surface area contributed by atoms with E-state index in [4.69, 9.17) is 5.73 Å². The lowest BCUT2D eigenvalue weighted by molar-refractivity contribution is 0.477. The maximum Gasteiger partial charge on any atom is 0.227 e. The van der Waals surface area contributed by atoms with E-state index < -0.39 is 0 Å². The fourth-order valence-corrected chi connectivity index (χ4v) is 2.09. The second-order valence-corrected chi connectivity index (χ2v) is 5.03. The van der Waals surface area contributed by atoms with E-state index >= 15 is 0 Å². The number of phenols is 1. The first-order valence-corrected chi connectivity index (χ1v) is 6.87. The number of rotatable bonds is 3. The summed E-state index contributed by atoms with van der Waals surface area (Å²) in [7, 11) is 0. The zero-order valence-electron chi connectivity index (χ0n) is 12.1. The molecule has 1 heterocycles. The van der Waals surface area contributed by atoms with Crippen molar-refractivity contribution in [3.63, 3.8) is 0 Å². The van der Waals surface area contributed by atoms with Gasteiger partial charge in [-0.2, -0.15) is 0 Å². The standard InChI is InChI=1S/C17H16N4O/c1-11-2-5-13(6-3-11)20-17-19-9-8-15(21-17)14-10-12(18)4-7-16(14)22/h2-10,22H,18H2,1H3,(H,19,20,21). The summed E-state index contributed by atoms with van der Waals surface area (Å²) in [5.74, 6) is 0.595. The van der Waals surface area contributed by atoms with Crippen LogP contribution < -0.4 is 11.1 Å². The topological polar surface area (TPSA) is 84.1 Å². The second kappa shape index (κ2) is 5.73. The molecule has 5 nitrogen and oxygen atoms in total. The number of aromatic hydroxyl groups is 1. The van der Waals surface area contributed by atoms with Crippen LogP contribution in [0.4, 0.5) is 17.3 Å². The lowest BCUT2D eigenvalue weighted by Gasteiger charge is -2.08. The summed E-state index contributed by atoms with van der Waals surface area (Å²) in [4.78, 5) is 8.62. The zero-order valence-corrected chi connectivity index (χ0v) is 12.1. The Hall–Kier alpha value is -3.08. The molecular formula is C17H16N4O. The molecule has 3 aromatic rings. The van der Waals surface area contributed by atoms with Crippen LogP contribution in [0.3, 0.4) is 0 Å². The number of nitrogens with two attached hydrogens (primary N) is 1. The minimum Gasteiger partial charge on any atom is -0.507 e. The third-order valence-electron chi connectivity index (χ3n) is 3.26. The highest BCUT2D eigenvalue weighted by Crippen LogP contribution is 2.30. The van der Waals surface area contributed by atoms with E-state index in [1.807, 2.05) is 31.2 Å². The van der Waals surface area contributed by atoms with Crippen LogP contribution in [0.5, 0.6) is 5.75 Å². The third kappa shape index (κ3) is 2.98. The molecule has 0 amide bonds. The van der Waals surface area contributed by atoms with Crippen molar-refractivity contribution in [2.45, 2.75) is 6.92 Å². The maximum absolute atomic E-state index is 9.96. The van der Waals surface area contributed by atoms with Crippen LogP contribution in [0.15, 0.2) is 54.7 Å². The molecule has 2 aromatic carbocycles. The Morgan fingerprint density at radius 2 is 1.82 bits per heavy atom. The van der Waals surface area contributed by atoms with Gasteiger partial charge >= 0.3 is 0 Å². The van der Waals surface area contributed by atoms with Crippen molar-refractivity contribution in [1.29, 1.82) is 0 Å². The predicted octanol–water partition coefficient (Wildman–Crippen LogP) is 3.48. The Kier molecular flexibility index (Phi) is 3.62. The molecule has 5 heteroatoms. The van der Waals surface area contributed by atoms with Gasteiger partial charge in [-0.3, -0.25) is 0 Å². The second-order valence-electron chi connectivity index (χ2n) is 5.03. The molecule has 0 saturated carbocycles. The normalized spacial score (nSPS) is 10.4. The molecule has 110 valence electrons. The lowest BCUT2D eigenvalue weighted by Crippen LogP contribution is -1.98. The van der Waals surface area contributed by atoms with E-state index in [1.165, 1.54) is 5.56 Å². The highest BCUT2D eigenvalue weighted by molar-refractivity contribution is 5.71. The van der Waals surface area contributed by atoms with E-state index in [-0.39, 0.29) is 5.75 Å². The number of phenolic OH excluding ortho intramolecular Hbond substituents is 1. The van der Waals surface area contributed by atoms with Gasteiger partial charge in [-0.05, 0) is 43.3 Å². The first-order chi connectivity index (χ1) is 10.6. The van der Waals surface area contributed by atoms with Crippen LogP contribution in [-0.4, -0.2) is 15.1 Å². The fraction of sp³-hybridized carbons (Fsp3) is 0.0588. The molecule has 0 unspecified atom stereocenters. The predicted molar refractivity (Wildman–Crippen MR) is 88.0 cm³/mol. The highest BCUT2D eigenvalue weighted by atomic mass is 16.3. The van der Waals surface area contributed by atoms with Crippen LogP contribution in [0.25, 0.3) is 11.3 Å². The average Bonchev–Trinajstić information content (AvgIpc) is 2.52. The molecule has 22 heavy (non-hydrogen) atoms. The van der Waals surface area contributed by atoms with Crippen LogP contribution in [0, 0.1) is 6.92 Å². The molecule has 0 bridgehead atoms. The van der Waals surface area contributed by atoms with Crippen molar-refractivity contribution in [2.75, 3.05) is 11.1 Å². The van der Waals surface area contributed by atoms with Gasteiger partial charge in [-0.25, -0.2) is 9.97 Å². The molecule has 0 aliphatic carbocycles. The van der Waals surface area contributed by atoms with Gasteiger partial charge in [0, 0.05) is 23.1 Å². The molecule has 0 radical (unpaired) electrons. The van der Waals surface area contributed by atoms with Gasteiger partial charge in [-0.15, -0.1) is 0 Å². The van der Waals surface area contributed by atoms with Gasteiger partial charge in [0.25, 0.3) is 0 Å². The minimum atomic E-state index is 0.134. The molecule has 0 spiro atoms. The summed E-state index contributed by atoms with van der Waals surface area (Å²) in [6.07, 6.45) is 1.64. The fourth-order valence-electron chi connectivity index (χ4n) is 2.09. The lowest BCUT2D eigenvalue weighted by atomic mass is 10.1. The molecule has 0 aliphatic rings.